The Bertz CT molecular complexity index is 696. The highest BCUT2D eigenvalue weighted by Gasteiger charge is 2.15. The fourth-order valence-corrected chi connectivity index (χ4v) is 2.16. The van der Waals surface area contributed by atoms with E-state index < -0.39 is 10.2 Å². The topological polar surface area (TPSA) is 101 Å². The molecule has 1 heterocycles. The number of benzene rings is 1. The molecule has 2 rings (SSSR count). The third-order valence-electron chi connectivity index (χ3n) is 2.13. The van der Waals surface area contributed by atoms with Gasteiger partial charge in [-0.05, 0) is 24.1 Å². The highest BCUT2D eigenvalue weighted by atomic mass is 32.2. The highest BCUT2D eigenvalue weighted by Crippen LogP contribution is 2.18. The summed E-state index contributed by atoms with van der Waals surface area (Å²) in [5.41, 5.74) is 9.99. The molecular weight excluding hydrogens is 230 g/mol. The van der Waals surface area contributed by atoms with Crippen molar-refractivity contribution in [3.8, 4) is 0 Å². The molecule has 2 aromatic rings. The summed E-state index contributed by atoms with van der Waals surface area (Å²) >= 11 is 0. The maximum Gasteiger partial charge on any atom is 0.329 e. The van der Waals surface area contributed by atoms with Crippen molar-refractivity contribution in [1.29, 1.82) is 0 Å². The van der Waals surface area contributed by atoms with Gasteiger partial charge in [-0.25, -0.2) is 8.96 Å². The van der Waals surface area contributed by atoms with Gasteiger partial charge in [0.05, 0.1) is 15.6 Å². The van der Waals surface area contributed by atoms with Gasteiger partial charge < -0.3 is 0 Å². The van der Waals surface area contributed by atoms with Crippen molar-refractivity contribution in [3.05, 3.63) is 40.5 Å². The van der Waals surface area contributed by atoms with Gasteiger partial charge in [0, 0.05) is 4.91 Å². The Morgan fingerprint density at radius 1 is 1.50 bits per heavy atom. The lowest BCUT2D eigenvalue weighted by Crippen LogP contribution is -2.06. The van der Waals surface area contributed by atoms with Gasteiger partial charge in [-0.3, -0.25) is 0 Å². The van der Waals surface area contributed by atoms with Crippen molar-refractivity contribution in [2.45, 2.75) is 6.92 Å². The van der Waals surface area contributed by atoms with Crippen LogP contribution in [-0.2, 0) is 10.2 Å². The first-order valence-corrected chi connectivity index (χ1v) is 5.70. The van der Waals surface area contributed by atoms with E-state index in [4.69, 9.17) is 5.53 Å². The monoisotopic (exact) mass is 237 g/mol. The molecule has 0 saturated heterocycles. The summed E-state index contributed by atoms with van der Waals surface area (Å²) in [6.07, 6.45) is 1.13. The fourth-order valence-electron chi connectivity index (χ4n) is 1.43. The van der Waals surface area contributed by atoms with Crippen LogP contribution < -0.4 is 0 Å². The van der Waals surface area contributed by atoms with Crippen LogP contribution >= 0.6 is 0 Å². The van der Waals surface area contributed by atoms with E-state index >= 15 is 0 Å². The van der Waals surface area contributed by atoms with Crippen molar-refractivity contribution in [2.75, 3.05) is 0 Å². The van der Waals surface area contributed by atoms with Crippen molar-refractivity contribution in [3.63, 3.8) is 0 Å². The molecule has 0 aliphatic carbocycles. The number of hydrogen-bond acceptors (Lipinski definition) is 3. The average Bonchev–Trinajstić information content (AvgIpc) is 2.63. The molecule has 8 heteroatoms. The van der Waals surface area contributed by atoms with Crippen molar-refractivity contribution < 1.29 is 8.42 Å². The Labute approximate surface area is 91.1 Å². The van der Waals surface area contributed by atoms with Crippen molar-refractivity contribution in [1.82, 2.24) is 8.96 Å². The van der Waals surface area contributed by atoms with E-state index in [9.17, 15) is 8.42 Å². The van der Waals surface area contributed by atoms with Gasteiger partial charge in [-0.1, -0.05) is 12.1 Å². The SMILES string of the molecule is Cc1cccc2c1ncn2S(=O)(=O)N=[N+]=[N-]. The Morgan fingerprint density at radius 2 is 2.25 bits per heavy atom. The van der Waals surface area contributed by atoms with Crippen LogP contribution in [0.15, 0.2) is 29.0 Å². The molecule has 0 radical (unpaired) electrons. The zero-order valence-electron chi connectivity index (χ0n) is 8.27. The molecular formula is C8H7N5O2S. The van der Waals surface area contributed by atoms with Gasteiger partial charge >= 0.3 is 10.2 Å². The van der Waals surface area contributed by atoms with E-state index in [0.29, 0.717) is 11.0 Å². The zero-order chi connectivity index (χ0) is 11.8. The Hall–Kier alpha value is -2.05. The van der Waals surface area contributed by atoms with Gasteiger partial charge in [0.25, 0.3) is 0 Å². The standard InChI is InChI=1S/C8H7N5O2S/c1-6-3-2-4-7-8(6)10-5-13(7)16(14,15)12-11-9/h2-5H,1H3. The quantitative estimate of drug-likeness (QED) is 0.451. The van der Waals surface area contributed by atoms with E-state index in [2.05, 4.69) is 14.4 Å². The zero-order valence-corrected chi connectivity index (χ0v) is 9.09. The molecule has 0 N–H and O–H groups in total. The van der Waals surface area contributed by atoms with Crippen LogP contribution in [0.5, 0.6) is 0 Å². The van der Waals surface area contributed by atoms with Gasteiger partial charge in [0.1, 0.15) is 6.33 Å². The molecule has 1 aromatic carbocycles. The first-order chi connectivity index (χ1) is 7.56. The number of para-hydroxylation sites is 1. The molecule has 0 aliphatic heterocycles. The highest BCUT2D eigenvalue weighted by molar-refractivity contribution is 7.88. The van der Waals surface area contributed by atoms with Crippen molar-refractivity contribution >= 4 is 21.2 Å². The minimum atomic E-state index is -4.05. The first kappa shape index (κ1) is 10.5. The number of aryl methyl sites for hydroxylation is 1. The fraction of sp³-hybridized carbons (Fsp3) is 0.125. The number of fused-ring (bicyclic) bond motifs is 1. The van der Waals surface area contributed by atoms with Crippen LogP contribution in [0.3, 0.4) is 0 Å². The summed E-state index contributed by atoms with van der Waals surface area (Å²) in [6.45, 7) is 1.82. The minimum Gasteiger partial charge on any atom is -0.235 e. The number of aromatic nitrogens is 2. The molecule has 0 aliphatic rings. The number of nitrogens with zero attached hydrogens (tertiary/aromatic N) is 5. The second-order valence-electron chi connectivity index (χ2n) is 3.13. The van der Waals surface area contributed by atoms with E-state index in [1.165, 1.54) is 0 Å². The molecule has 1 aromatic heterocycles. The van der Waals surface area contributed by atoms with Crippen LogP contribution in [0.4, 0.5) is 0 Å². The maximum atomic E-state index is 11.5. The number of azide groups is 1. The van der Waals surface area contributed by atoms with Crippen LogP contribution in [0.25, 0.3) is 21.5 Å². The lowest BCUT2D eigenvalue weighted by molar-refractivity contribution is 0.590. The smallest absolute Gasteiger partial charge is 0.235 e. The number of rotatable bonds is 2. The Kier molecular flexibility index (Phi) is 2.30. The first-order valence-electron chi connectivity index (χ1n) is 4.31. The third kappa shape index (κ3) is 1.50. The molecule has 0 saturated carbocycles. The molecule has 0 spiro atoms. The van der Waals surface area contributed by atoms with Crippen LogP contribution in [0, 0.1) is 6.92 Å². The Balaban J connectivity index is 2.82. The molecule has 0 unspecified atom stereocenters. The molecule has 0 amide bonds. The average molecular weight is 237 g/mol. The van der Waals surface area contributed by atoms with Crippen LogP contribution in [-0.4, -0.2) is 17.4 Å². The third-order valence-corrected chi connectivity index (χ3v) is 3.20. The second-order valence-corrected chi connectivity index (χ2v) is 4.58. The lowest BCUT2D eigenvalue weighted by atomic mass is 10.2. The molecule has 16 heavy (non-hydrogen) atoms. The van der Waals surface area contributed by atoms with E-state index in [-0.39, 0.29) is 0 Å². The molecule has 0 atom stereocenters. The summed E-state index contributed by atoms with van der Waals surface area (Å²) in [5.74, 6) is 0. The van der Waals surface area contributed by atoms with Gasteiger partial charge in [0.2, 0.25) is 0 Å². The molecule has 82 valence electrons. The maximum absolute atomic E-state index is 11.5. The van der Waals surface area contributed by atoms with Gasteiger partial charge in [-0.15, -0.1) is 0 Å². The lowest BCUT2D eigenvalue weighted by Gasteiger charge is -1.99. The summed E-state index contributed by atoms with van der Waals surface area (Å²) in [4.78, 5) is 6.25. The van der Waals surface area contributed by atoms with Crippen LogP contribution in [0.1, 0.15) is 5.56 Å². The van der Waals surface area contributed by atoms with Crippen molar-refractivity contribution in [2.24, 2.45) is 4.52 Å². The van der Waals surface area contributed by atoms with Gasteiger partial charge in [-0.2, -0.15) is 8.42 Å². The molecule has 0 fully saturated rings. The summed E-state index contributed by atoms with van der Waals surface area (Å²) in [7, 11) is -4.05. The van der Waals surface area contributed by atoms with E-state index in [0.717, 1.165) is 15.9 Å². The predicted octanol–water partition coefficient (Wildman–Crippen LogP) is 1.75. The predicted molar refractivity (Wildman–Crippen MR) is 57.9 cm³/mol. The summed E-state index contributed by atoms with van der Waals surface area (Å²) < 4.78 is 26.7. The van der Waals surface area contributed by atoms with E-state index in [1.807, 2.05) is 13.0 Å². The molecule has 7 nitrogen and oxygen atoms in total. The minimum absolute atomic E-state index is 0.396. The van der Waals surface area contributed by atoms with Crippen LogP contribution in [0.2, 0.25) is 0 Å². The largest absolute Gasteiger partial charge is 0.329 e. The molecule has 0 bridgehead atoms. The number of imidazole rings is 1. The number of hydrogen-bond donors (Lipinski definition) is 0. The summed E-state index contributed by atoms with van der Waals surface area (Å²) in [6, 6.07) is 5.13. The second kappa shape index (κ2) is 3.51. The van der Waals surface area contributed by atoms with Gasteiger partial charge in [0.15, 0.2) is 0 Å². The Morgan fingerprint density at radius 3 is 2.94 bits per heavy atom. The normalized spacial score (nSPS) is 11.3. The summed E-state index contributed by atoms with van der Waals surface area (Å²) in [5, 5.41) is 0. The van der Waals surface area contributed by atoms with E-state index in [1.54, 1.807) is 12.1 Å².